The van der Waals surface area contributed by atoms with Crippen LogP contribution in [0.1, 0.15) is 21.8 Å². The highest BCUT2D eigenvalue weighted by Crippen LogP contribution is 2.29. The maximum Gasteiger partial charge on any atom is 0.389 e. The summed E-state index contributed by atoms with van der Waals surface area (Å²) in [7, 11) is 0. The van der Waals surface area contributed by atoms with E-state index in [1.807, 2.05) is 0 Å². The molecule has 10 nitrogen and oxygen atoms in total. The molecule has 152 valence electrons. The van der Waals surface area contributed by atoms with Gasteiger partial charge in [0.25, 0.3) is 5.91 Å². The van der Waals surface area contributed by atoms with E-state index in [9.17, 15) is 23.7 Å². The first-order chi connectivity index (χ1) is 13.7. The summed E-state index contributed by atoms with van der Waals surface area (Å²) in [6, 6.07) is 4.96. The molecule has 1 amide bonds. The summed E-state index contributed by atoms with van der Waals surface area (Å²) in [4.78, 5) is 22.7. The second kappa shape index (κ2) is 8.22. The third-order valence-corrected chi connectivity index (χ3v) is 4.03. The first-order valence-electron chi connectivity index (χ1n) is 7.93. The predicted octanol–water partition coefficient (Wildman–Crippen LogP) is 3.64. The number of nitro groups is 1. The Kier molecular flexibility index (Phi) is 5.73. The van der Waals surface area contributed by atoms with Crippen LogP contribution in [-0.4, -0.2) is 32.4 Å². The predicted molar refractivity (Wildman–Crippen MR) is 95.3 cm³/mol. The zero-order valence-corrected chi connectivity index (χ0v) is 15.4. The van der Waals surface area contributed by atoms with E-state index in [-0.39, 0.29) is 34.5 Å². The molecule has 3 aromatic rings. The van der Waals surface area contributed by atoms with Crippen molar-refractivity contribution < 1.29 is 27.8 Å². The summed E-state index contributed by atoms with van der Waals surface area (Å²) in [5.41, 5.74) is 0.511. The molecular formula is C16H12ClF2N5O5. The first kappa shape index (κ1) is 20.2. The molecule has 0 radical (unpaired) electrons. The molecule has 2 aromatic heterocycles. The Morgan fingerprint density at radius 2 is 2.21 bits per heavy atom. The number of alkyl halides is 2. The van der Waals surface area contributed by atoms with E-state index in [0.717, 1.165) is 0 Å². The Morgan fingerprint density at radius 3 is 2.83 bits per heavy atom. The van der Waals surface area contributed by atoms with Gasteiger partial charge in [0.1, 0.15) is 11.5 Å². The van der Waals surface area contributed by atoms with Gasteiger partial charge in [0.05, 0.1) is 34.5 Å². The Hall–Kier alpha value is -3.54. The average Bonchev–Trinajstić information content (AvgIpc) is 3.25. The number of aryl methyl sites for hydroxylation is 1. The molecule has 0 aliphatic rings. The molecule has 0 aliphatic carbocycles. The normalized spacial score (nSPS) is 10.9. The number of hydrogen-bond donors (Lipinski definition) is 1. The summed E-state index contributed by atoms with van der Waals surface area (Å²) >= 11 is 5.86. The summed E-state index contributed by atoms with van der Waals surface area (Å²) in [6.07, 6.45) is 1.38. The quantitative estimate of drug-likeness (QED) is 0.450. The van der Waals surface area contributed by atoms with Crippen LogP contribution in [0.2, 0.25) is 5.02 Å². The molecule has 1 aromatic carbocycles. The van der Waals surface area contributed by atoms with Crippen LogP contribution < -0.4 is 10.1 Å². The number of benzene rings is 1. The molecule has 0 bridgehead atoms. The molecule has 2 heterocycles. The molecule has 0 aliphatic heterocycles. The lowest BCUT2D eigenvalue weighted by Gasteiger charge is -2.09. The third-order valence-electron chi connectivity index (χ3n) is 3.74. The molecule has 13 heteroatoms. The van der Waals surface area contributed by atoms with Gasteiger partial charge in [0, 0.05) is 5.69 Å². The monoisotopic (exact) mass is 427 g/mol. The van der Waals surface area contributed by atoms with Gasteiger partial charge in [-0.15, -0.1) is 0 Å². The van der Waals surface area contributed by atoms with Crippen molar-refractivity contribution in [1.82, 2.24) is 14.9 Å². The maximum absolute atomic E-state index is 12.6. The number of nitrogens with one attached hydrogen (secondary N) is 1. The molecule has 3 rings (SSSR count). The van der Waals surface area contributed by atoms with Gasteiger partial charge >= 0.3 is 12.4 Å². The highest BCUT2D eigenvalue weighted by atomic mass is 35.5. The number of hydrogen-bond acceptors (Lipinski definition) is 7. The minimum atomic E-state index is -3.04. The summed E-state index contributed by atoms with van der Waals surface area (Å²) in [5.74, 6) is -0.909. The minimum Gasteiger partial charge on any atom is -0.433 e. The van der Waals surface area contributed by atoms with Crippen LogP contribution in [-0.2, 0) is 6.54 Å². The number of carbonyl (C=O) groups is 1. The van der Waals surface area contributed by atoms with Crippen molar-refractivity contribution >= 4 is 29.0 Å². The van der Waals surface area contributed by atoms with Crippen LogP contribution >= 0.6 is 11.6 Å². The number of halogens is 3. The first-order valence-corrected chi connectivity index (χ1v) is 8.31. The van der Waals surface area contributed by atoms with E-state index in [1.54, 1.807) is 6.92 Å². The van der Waals surface area contributed by atoms with Crippen molar-refractivity contribution in [1.29, 1.82) is 0 Å². The fraction of sp³-hybridized carbons (Fsp3) is 0.188. The number of ether oxygens (including phenoxy) is 1. The lowest BCUT2D eigenvalue weighted by atomic mass is 10.2. The molecule has 0 fully saturated rings. The molecule has 0 saturated heterocycles. The van der Waals surface area contributed by atoms with Gasteiger partial charge in [-0.1, -0.05) is 16.8 Å². The van der Waals surface area contributed by atoms with Crippen LogP contribution in [0.4, 0.5) is 20.3 Å². The average molecular weight is 428 g/mol. The standard InChI is InChI=1S/C16H12ClF2N5O5/c1-8-10(7-23-5-4-13(21-23)24(26)27)14(22-29-8)15(25)20-9-2-3-12(11(17)6-9)28-16(18)19/h2-6,16H,7H2,1H3,(H,20,25). The van der Waals surface area contributed by atoms with Gasteiger partial charge in [0.15, 0.2) is 5.69 Å². The highest BCUT2D eigenvalue weighted by Gasteiger charge is 2.23. The van der Waals surface area contributed by atoms with Gasteiger partial charge in [-0.25, -0.2) is 0 Å². The Bertz CT molecular complexity index is 1070. The fourth-order valence-electron chi connectivity index (χ4n) is 2.41. The van der Waals surface area contributed by atoms with Gasteiger partial charge in [0.2, 0.25) is 0 Å². The Balaban J connectivity index is 1.78. The number of amides is 1. The SMILES string of the molecule is Cc1onc(C(=O)Nc2ccc(OC(F)F)c(Cl)c2)c1Cn1ccc([N+](=O)[O-])n1. The van der Waals surface area contributed by atoms with Gasteiger partial charge < -0.3 is 24.7 Å². The molecular weight excluding hydrogens is 416 g/mol. The van der Waals surface area contributed by atoms with Gasteiger partial charge in [-0.3, -0.25) is 4.79 Å². The van der Waals surface area contributed by atoms with Crippen LogP contribution in [0.25, 0.3) is 0 Å². The highest BCUT2D eigenvalue weighted by molar-refractivity contribution is 6.32. The third kappa shape index (κ3) is 4.66. The molecule has 1 N–H and O–H groups in total. The molecule has 0 unspecified atom stereocenters. The van der Waals surface area contributed by atoms with E-state index in [2.05, 4.69) is 20.3 Å². The topological polar surface area (TPSA) is 125 Å². The van der Waals surface area contributed by atoms with Crippen molar-refractivity contribution in [3.8, 4) is 5.75 Å². The van der Waals surface area contributed by atoms with Crippen LogP contribution in [0.5, 0.6) is 5.75 Å². The zero-order chi connectivity index (χ0) is 21.1. The number of anilines is 1. The van der Waals surface area contributed by atoms with Crippen molar-refractivity contribution in [3.05, 3.63) is 62.6 Å². The second-order valence-corrected chi connectivity index (χ2v) is 6.08. The lowest BCUT2D eigenvalue weighted by molar-refractivity contribution is -0.389. The number of carbonyl (C=O) groups excluding carboxylic acids is 1. The molecule has 0 saturated carbocycles. The summed E-state index contributed by atoms with van der Waals surface area (Å²) < 4.78 is 35.1. The molecule has 0 spiro atoms. The second-order valence-electron chi connectivity index (χ2n) is 5.67. The molecule has 29 heavy (non-hydrogen) atoms. The van der Waals surface area contributed by atoms with Crippen LogP contribution in [0.15, 0.2) is 35.0 Å². The Morgan fingerprint density at radius 1 is 1.45 bits per heavy atom. The maximum atomic E-state index is 12.6. The van der Waals surface area contributed by atoms with E-state index in [0.29, 0.717) is 11.3 Å². The summed E-state index contributed by atoms with van der Waals surface area (Å²) in [6.45, 7) is -1.45. The fourth-order valence-corrected chi connectivity index (χ4v) is 2.64. The zero-order valence-electron chi connectivity index (χ0n) is 14.6. The van der Waals surface area contributed by atoms with E-state index in [4.69, 9.17) is 16.1 Å². The van der Waals surface area contributed by atoms with Crippen LogP contribution in [0, 0.1) is 17.0 Å². The van der Waals surface area contributed by atoms with Crippen molar-refractivity contribution in [3.63, 3.8) is 0 Å². The van der Waals surface area contributed by atoms with Crippen molar-refractivity contribution in [2.75, 3.05) is 5.32 Å². The number of nitrogens with zero attached hydrogens (tertiary/aromatic N) is 4. The van der Waals surface area contributed by atoms with Crippen molar-refractivity contribution in [2.24, 2.45) is 0 Å². The van der Waals surface area contributed by atoms with E-state index >= 15 is 0 Å². The largest absolute Gasteiger partial charge is 0.433 e. The van der Waals surface area contributed by atoms with Gasteiger partial charge in [-0.2, -0.15) is 13.5 Å². The number of aromatic nitrogens is 3. The number of rotatable bonds is 7. The molecule has 0 atom stereocenters. The van der Waals surface area contributed by atoms with Crippen molar-refractivity contribution in [2.45, 2.75) is 20.1 Å². The Labute approximate surface area is 166 Å². The van der Waals surface area contributed by atoms with Gasteiger partial charge in [-0.05, 0) is 30.0 Å². The van der Waals surface area contributed by atoms with E-state index in [1.165, 1.54) is 35.1 Å². The van der Waals surface area contributed by atoms with Crippen LogP contribution in [0.3, 0.4) is 0 Å². The minimum absolute atomic E-state index is 0.00779. The summed E-state index contributed by atoms with van der Waals surface area (Å²) in [5, 5.41) is 20.6. The van der Waals surface area contributed by atoms with E-state index < -0.39 is 17.4 Å². The lowest BCUT2D eigenvalue weighted by Crippen LogP contribution is -2.16. The smallest absolute Gasteiger partial charge is 0.389 e.